The zero-order chi connectivity index (χ0) is 7.82. The summed E-state index contributed by atoms with van der Waals surface area (Å²) in [5.41, 5.74) is 0. The van der Waals surface area contributed by atoms with Gasteiger partial charge in [-0.15, -0.1) is 0 Å². The SMILES string of the molecule is OB(O)O.[H-].[Li+].c1cnccn1. The first-order valence-corrected chi connectivity index (χ1v) is 2.47. The Hall–Kier alpha value is -0.378. The zero-order valence-electron chi connectivity index (χ0n) is 7.12. The molecule has 0 aliphatic heterocycles. The molecule has 0 radical (unpaired) electrons. The van der Waals surface area contributed by atoms with Crippen LogP contribution >= 0.6 is 0 Å². The van der Waals surface area contributed by atoms with Gasteiger partial charge in [-0.3, -0.25) is 9.97 Å². The van der Waals surface area contributed by atoms with Gasteiger partial charge in [-0.1, -0.05) is 0 Å². The summed E-state index contributed by atoms with van der Waals surface area (Å²) >= 11 is 0. The van der Waals surface area contributed by atoms with Crippen LogP contribution in [0.5, 0.6) is 0 Å². The van der Waals surface area contributed by atoms with E-state index in [4.69, 9.17) is 15.1 Å². The number of rotatable bonds is 0. The molecule has 0 saturated heterocycles. The fourth-order valence-electron chi connectivity index (χ4n) is 0.253. The average molecular weight is 150 g/mol. The summed E-state index contributed by atoms with van der Waals surface area (Å²) < 4.78 is 0. The minimum Gasteiger partial charge on any atom is -1.00 e. The van der Waals surface area contributed by atoms with Crippen LogP contribution in [0, 0.1) is 0 Å². The molecule has 0 aromatic carbocycles. The standard InChI is InChI=1S/C4H4N2.BH3O3.Li.H/c1-2-6-4-3-5-1;2-1(3)4;;/h1-4H;2-4H;;/q;;+1;-1. The summed E-state index contributed by atoms with van der Waals surface area (Å²) in [5, 5.41) is 21.5. The summed E-state index contributed by atoms with van der Waals surface area (Å²) in [6, 6.07) is 0. The fraction of sp³-hybridized carbons (Fsp3) is 0. The van der Waals surface area contributed by atoms with E-state index in [1.165, 1.54) is 0 Å². The first-order chi connectivity index (χ1) is 4.73. The molecule has 1 aromatic heterocycles. The van der Waals surface area contributed by atoms with Crippen LogP contribution in [0.1, 0.15) is 1.43 Å². The maximum atomic E-state index is 7.17. The molecule has 0 saturated carbocycles. The molecule has 56 valence electrons. The van der Waals surface area contributed by atoms with Crippen LogP contribution in [-0.2, 0) is 0 Å². The number of nitrogens with zero attached hydrogens (tertiary/aromatic N) is 2. The predicted molar refractivity (Wildman–Crippen MR) is 35.6 cm³/mol. The average Bonchev–Trinajstić information content (AvgIpc) is 1.90. The van der Waals surface area contributed by atoms with Crippen LogP contribution in [-0.4, -0.2) is 32.4 Å². The Bertz CT molecular complexity index is 129. The van der Waals surface area contributed by atoms with E-state index in [-0.39, 0.29) is 20.3 Å². The van der Waals surface area contributed by atoms with Crippen molar-refractivity contribution in [3.63, 3.8) is 0 Å². The molecule has 0 aliphatic rings. The molecule has 3 N–H and O–H groups in total. The van der Waals surface area contributed by atoms with Crippen molar-refractivity contribution in [3.05, 3.63) is 24.8 Å². The largest absolute Gasteiger partial charge is 1.00 e. The molecule has 0 aliphatic carbocycles. The quantitative estimate of drug-likeness (QED) is 0.324. The van der Waals surface area contributed by atoms with Crippen LogP contribution in [0.4, 0.5) is 0 Å². The molecule has 1 aromatic rings. The molecule has 1 heterocycles. The number of aromatic nitrogens is 2. The van der Waals surface area contributed by atoms with E-state index in [2.05, 4.69) is 9.97 Å². The van der Waals surface area contributed by atoms with Gasteiger partial charge in [-0.05, 0) is 0 Å². The van der Waals surface area contributed by atoms with Crippen LogP contribution in [0.2, 0.25) is 0 Å². The van der Waals surface area contributed by atoms with Gasteiger partial charge in [0.15, 0.2) is 0 Å². The van der Waals surface area contributed by atoms with Crippen molar-refractivity contribution in [3.8, 4) is 0 Å². The minimum atomic E-state index is -2.17. The van der Waals surface area contributed by atoms with Gasteiger partial charge in [0.1, 0.15) is 0 Å². The van der Waals surface area contributed by atoms with Crippen LogP contribution in [0.15, 0.2) is 24.8 Å². The normalized spacial score (nSPS) is 6.82. The molecule has 5 nitrogen and oxygen atoms in total. The Labute approximate surface area is 78.0 Å². The summed E-state index contributed by atoms with van der Waals surface area (Å²) in [7, 11) is -2.17. The van der Waals surface area contributed by atoms with Crippen molar-refractivity contribution in [1.82, 2.24) is 9.97 Å². The van der Waals surface area contributed by atoms with Crippen LogP contribution in [0.25, 0.3) is 0 Å². The maximum Gasteiger partial charge on any atom is 1.00 e. The summed E-state index contributed by atoms with van der Waals surface area (Å²) in [5.74, 6) is 0. The van der Waals surface area contributed by atoms with Crippen molar-refractivity contribution in [2.45, 2.75) is 0 Å². The molecule has 1 rings (SSSR count). The van der Waals surface area contributed by atoms with Gasteiger partial charge in [0, 0.05) is 24.8 Å². The molecular weight excluding hydrogens is 142 g/mol. The molecule has 0 fully saturated rings. The Morgan fingerprint density at radius 1 is 0.909 bits per heavy atom. The Kier molecular flexibility index (Phi) is 11.6. The zero-order valence-corrected chi connectivity index (χ0v) is 6.12. The molecule has 0 spiro atoms. The van der Waals surface area contributed by atoms with E-state index < -0.39 is 7.32 Å². The second-order valence-corrected chi connectivity index (χ2v) is 1.24. The van der Waals surface area contributed by atoms with Gasteiger partial charge in [0.05, 0.1) is 0 Å². The van der Waals surface area contributed by atoms with Crippen LogP contribution < -0.4 is 18.9 Å². The van der Waals surface area contributed by atoms with E-state index in [1.807, 2.05) is 0 Å². The molecule has 11 heavy (non-hydrogen) atoms. The summed E-state index contributed by atoms with van der Waals surface area (Å²) in [6.45, 7) is 0. The van der Waals surface area contributed by atoms with Crippen LogP contribution in [0.3, 0.4) is 0 Å². The van der Waals surface area contributed by atoms with E-state index >= 15 is 0 Å². The molecular formula is C4H8BLiN2O3. The van der Waals surface area contributed by atoms with Crippen molar-refractivity contribution in [2.75, 3.05) is 0 Å². The van der Waals surface area contributed by atoms with Crippen molar-refractivity contribution < 1.29 is 35.4 Å². The minimum absolute atomic E-state index is 0. The predicted octanol–water partition coefficient (Wildman–Crippen LogP) is -4.46. The van der Waals surface area contributed by atoms with Gasteiger partial charge in [-0.2, -0.15) is 0 Å². The van der Waals surface area contributed by atoms with Gasteiger partial charge < -0.3 is 16.5 Å². The maximum absolute atomic E-state index is 7.17. The third-order valence-electron chi connectivity index (χ3n) is 0.478. The van der Waals surface area contributed by atoms with Gasteiger partial charge in [0.25, 0.3) is 0 Å². The number of hydrogen-bond donors (Lipinski definition) is 3. The van der Waals surface area contributed by atoms with E-state index in [0.29, 0.717) is 0 Å². The third-order valence-corrected chi connectivity index (χ3v) is 0.478. The Morgan fingerprint density at radius 2 is 1.09 bits per heavy atom. The third kappa shape index (κ3) is 17.7. The monoisotopic (exact) mass is 150 g/mol. The molecule has 0 bridgehead atoms. The molecule has 0 atom stereocenters. The van der Waals surface area contributed by atoms with Gasteiger partial charge >= 0.3 is 26.2 Å². The molecule has 7 heteroatoms. The fourth-order valence-corrected chi connectivity index (χ4v) is 0.253. The summed E-state index contributed by atoms with van der Waals surface area (Å²) in [4.78, 5) is 7.44. The second-order valence-electron chi connectivity index (χ2n) is 1.24. The second kappa shape index (κ2) is 9.62. The molecule has 0 unspecified atom stereocenters. The number of hydrogen-bond acceptors (Lipinski definition) is 5. The van der Waals surface area contributed by atoms with E-state index in [1.54, 1.807) is 24.8 Å². The smallest absolute Gasteiger partial charge is 1.00 e. The van der Waals surface area contributed by atoms with Gasteiger partial charge in [-0.25, -0.2) is 0 Å². The summed E-state index contributed by atoms with van der Waals surface area (Å²) in [6.07, 6.45) is 6.56. The van der Waals surface area contributed by atoms with E-state index in [0.717, 1.165) is 0 Å². The first kappa shape index (κ1) is 13.2. The van der Waals surface area contributed by atoms with Crippen molar-refractivity contribution >= 4 is 7.32 Å². The first-order valence-electron chi connectivity index (χ1n) is 2.47. The van der Waals surface area contributed by atoms with Crippen molar-refractivity contribution in [1.29, 1.82) is 0 Å². The van der Waals surface area contributed by atoms with E-state index in [9.17, 15) is 0 Å². The van der Waals surface area contributed by atoms with Gasteiger partial charge in [0.2, 0.25) is 0 Å². The topological polar surface area (TPSA) is 86.5 Å². The Balaban J connectivity index is -0.000000124. The Morgan fingerprint density at radius 3 is 1.18 bits per heavy atom. The molecule has 0 amide bonds. The van der Waals surface area contributed by atoms with Crippen molar-refractivity contribution in [2.24, 2.45) is 0 Å².